The van der Waals surface area contributed by atoms with Gasteiger partial charge in [-0.15, -0.1) is 11.3 Å². The van der Waals surface area contributed by atoms with Gasteiger partial charge in [0.15, 0.2) is 23.1 Å². The van der Waals surface area contributed by atoms with Crippen molar-refractivity contribution in [1.82, 2.24) is 24.5 Å². The maximum Gasteiger partial charge on any atom is 0.164 e. The molecule has 0 fully saturated rings. The molecule has 6 nitrogen and oxygen atoms in total. The highest BCUT2D eigenvalue weighted by atomic mass is 32.1. The number of benzene rings is 9. The molecule has 0 saturated carbocycles. The van der Waals surface area contributed by atoms with Crippen molar-refractivity contribution in [3.05, 3.63) is 200 Å². The van der Waals surface area contributed by atoms with Gasteiger partial charge in [0.1, 0.15) is 11.1 Å². The quantitative estimate of drug-likeness (QED) is 0.173. The van der Waals surface area contributed by atoms with E-state index in [0.717, 1.165) is 71.6 Å². The monoisotopic (exact) mass is 847 g/mol. The minimum Gasteiger partial charge on any atom is -0.454 e. The largest absolute Gasteiger partial charge is 0.454 e. The number of hydrogen-bond acceptors (Lipinski definition) is 6. The van der Waals surface area contributed by atoms with Crippen LogP contribution in [0.3, 0.4) is 0 Å². The maximum atomic E-state index is 6.32. The number of furan rings is 1. The van der Waals surface area contributed by atoms with Crippen LogP contribution in [0.15, 0.2) is 205 Å². The fourth-order valence-corrected chi connectivity index (χ4v) is 11.0. The van der Waals surface area contributed by atoms with E-state index in [1.165, 1.54) is 47.5 Å². The molecule has 9 aromatic carbocycles. The summed E-state index contributed by atoms with van der Waals surface area (Å²) >= 11 is 1.79. The predicted molar refractivity (Wildman–Crippen MR) is 269 cm³/mol. The first kappa shape index (κ1) is 36.0. The van der Waals surface area contributed by atoms with Crippen molar-refractivity contribution in [2.45, 2.75) is 0 Å². The molecule has 5 heterocycles. The van der Waals surface area contributed by atoms with Crippen LogP contribution in [0.4, 0.5) is 0 Å². The molecule has 0 aliphatic carbocycles. The highest BCUT2D eigenvalue weighted by Gasteiger charge is 2.21. The van der Waals surface area contributed by atoms with Crippen LogP contribution in [0.2, 0.25) is 0 Å². The van der Waals surface area contributed by atoms with E-state index in [-0.39, 0.29) is 0 Å². The van der Waals surface area contributed by atoms with Crippen LogP contribution in [0, 0.1) is 0 Å². The van der Waals surface area contributed by atoms with Crippen LogP contribution in [0.1, 0.15) is 0 Å². The van der Waals surface area contributed by atoms with E-state index in [2.05, 4.69) is 185 Å². The first-order valence-electron chi connectivity index (χ1n) is 21.7. The first-order valence-corrected chi connectivity index (χ1v) is 22.5. The molecule has 65 heavy (non-hydrogen) atoms. The molecular weight excluding hydrogens is 815 g/mol. The molecule has 0 aliphatic heterocycles. The molecule has 0 aliphatic rings. The van der Waals surface area contributed by atoms with Gasteiger partial charge in [0.25, 0.3) is 0 Å². The second-order valence-electron chi connectivity index (χ2n) is 16.6. The zero-order chi connectivity index (χ0) is 42.6. The molecule has 0 amide bonds. The molecule has 7 heteroatoms. The van der Waals surface area contributed by atoms with Crippen LogP contribution < -0.4 is 0 Å². The lowest BCUT2D eigenvalue weighted by molar-refractivity contribution is 0.668. The number of thiophene rings is 1. The van der Waals surface area contributed by atoms with E-state index in [1.807, 2.05) is 18.2 Å². The number of para-hydroxylation sites is 1. The summed E-state index contributed by atoms with van der Waals surface area (Å²) in [5.41, 5.74) is 10.8. The van der Waals surface area contributed by atoms with Gasteiger partial charge in [-0.25, -0.2) is 15.0 Å². The number of hydrogen-bond donors (Lipinski definition) is 0. The van der Waals surface area contributed by atoms with E-state index >= 15 is 0 Å². The summed E-state index contributed by atoms with van der Waals surface area (Å²) in [5.74, 6) is 1.77. The van der Waals surface area contributed by atoms with Gasteiger partial charge in [-0.05, 0) is 94.0 Å². The molecule has 5 aromatic heterocycles. The smallest absolute Gasteiger partial charge is 0.164 e. The SMILES string of the molecule is c1ccc2cc(-c3ccc4c5ccccc5n(-c5ccc(-c6nc(-c7ccc8c(c7)oc7cccnc78)nc(-c7cccc8sc9ccccc9c78)n6)c6ccccc56)c4c3)ccc2c1. The molecule has 0 spiro atoms. The van der Waals surface area contributed by atoms with Gasteiger partial charge in [0.05, 0.1) is 16.7 Å². The Morgan fingerprint density at radius 3 is 2.02 bits per heavy atom. The summed E-state index contributed by atoms with van der Waals surface area (Å²) in [4.78, 5) is 20.6. The van der Waals surface area contributed by atoms with Gasteiger partial charge in [-0.3, -0.25) is 4.98 Å². The maximum absolute atomic E-state index is 6.32. The van der Waals surface area contributed by atoms with Crippen molar-refractivity contribution in [3.63, 3.8) is 0 Å². The highest BCUT2D eigenvalue weighted by Crippen LogP contribution is 2.42. The summed E-state index contributed by atoms with van der Waals surface area (Å²) in [6, 6.07) is 68.9. The normalized spacial score (nSPS) is 12.0. The third-order valence-corrected chi connectivity index (χ3v) is 14.0. The van der Waals surface area contributed by atoms with E-state index < -0.39 is 0 Å². The molecule has 0 saturated heterocycles. The van der Waals surface area contributed by atoms with Crippen molar-refractivity contribution in [2.24, 2.45) is 0 Å². The molecule has 0 atom stereocenters. The Bertz CT molecular complexity index is 4270. The van der Waals surface area contributed by atoms with Crippen LogP contribution >= 0.6 is 11.3 Å². The second-order valence-corrected chi connectivity index (χ2v) is 17.7. The van der Waals surface area contributed by atoms with Crippen LogP contribution in [0.5, 0.6) is 0 Å². The number of pyridine rings is 1. The van der Waals surface area contributed by atoms with Crippen molar-refractivity contribution >= 4 is 96.9 Å². The fraction of sp³-hybridized carbons (Fsp3) is 0. The third kappa shape index (κ3) is 5.59. The van der Waals surface area contributed by atoms with Gasteiger partial charge < -0.3 is 8.98 Å². The second kappa shape index (κ2) is 14.0. The van der Waals surface area contributed by atoms with E-state index in [4.69, 9.17) is 19.4 Å². The Labute approximate surface area is 375 Å². The molecule has 14 rings (SSSR count). The van der Waals surface area contributed by atoms with Crippen LogP contribution in [-0.4, -0.2) is 24.5 Å². The predicted octanol–water partition coefficient (Wildman–Crippen LogP) is 15.6. The average Bonchev–Trinajstić information content (AvgIpc) is 4.05. The number of fused-ring (bicyclic) bond motifs is 11. The fourth-order valence-electron chi connectivity index (χ4n) is 9.89. The van der Waals surface area contributed by atoms with Crippen LogP contribution in [-0.2, 0) is 0 Å². The Hall–Kier alpha value is -8.52. The first-order chi connectivity index (χ1) is 32.2. The van der Waals surface area contributed by atoms with Gasteiger partial charge in [0, 0.05) is 64.6 Å². The highest BCUT2D eigenvalue weighted by molar-refractivity contribution is 7.25. The van der Waals surface area contributed by atoms with Crippen molar-refractivity contribution in [1.29, 1.82) is 0 Å². The lowest BCUT2D eigenvalue weighted by atomic mass is 9.99. The van der Waals surface area contributed by atoms with Gasteiger partial charge >= 0.3 is 0 Å². The summed E-state index contributed by atoms with van der Waals surface area (Å²) in [7, 11) is 0. The zero-order valence-electron chi connectivity index (χ0n) is 34.6. The topological polar surface area (TPSA) is 69.6 Å². The number of nitrogens with zero attached hydrogens (tertiary/aromatic N) is 5. The third-order valence-electron chi connectivity index (χ3n) is 12.9. The summed E-state index contributed by atoms with van der Waals surface area (Å²) in [6.07, 6.45) is 1.80. The van der Waals surface area contributed by atoms with Gasteiger partial charge in [-0.1, -0.05) is 127 Å². The minimum absolute atomic E-state index is 0.564. The molecule has 0 unspecified atom stereocenters. The van der Waals surface area contributed by atoms with Crippen molar-refractivity contribution < 1.29 is 4.42 Å². The van der Waals surface area contributed by atoms with Crippen molar-refractivity contribution in [3.8, 4) is 51.0 Å². The minimum atomic E-state index is 0.564. The Morgan fingerprint density at radius 1 is 0.400 bits per heavy atom. The molecule has 0 N–H and O–H groups in total. The lowest BCUT2D eigenvalue weighted by Gasteiger charge is -2.15. The number of aromatic nitrogens is 5. The summed E-state index contributed by atoms with van der Waals surface area (Å²) in [5, 5.41) is 10.3. The molecule has 0 radical (unpaired) electrons. The Morgan fingerprint density at radius 2 is 1.09 bits per heavy atom. The Balaban J connectivity index is 0.994. The average molecular weight is 848 g/mol. The molecule has 14 aromatic rings. The van der Waals surface area contributed by atoms with E-state index in [9.17, 15) is 0 Å². The Kier molecular flexibility index (Phi) is 7.75. The molecular formula is C58H33N5OS. The van der Waals surface area contributed by atoms with Crippen LogP contribution in [0.25, 0.3) is 137 Å². The zero-order valence-corrected chi connectivity index (χ0v) is 35.4. The standard InChI is InChI=1S/C58H33N5OS/c1-2-12-35-31-36(23-22-34(35)11-1)37-24-26-42-41-15-5-7-18-47(41)63(49(42)32-37)48-29-28-43(39-13-3-4-14-40(39)48)57-60-56(38-25-27-44-51(33-38)64-50-19-10-30-59-55(44)50)61-58(62-57)46-17-9-21-53-54(46)45-16-6-8-20-52(45)65-53/h1-33H. The van der Waals surface area contributed by atoms with E-state index in [1.54, 1.807) is 17.5 Å². The summed E-state index contributed by atoms with van der Waals surface area (Å²) < 4.78 is 11.2. The molecule has 302 valence electrons. The number of rotatable bonds is 5. The lowest BCUT2D eigenvalue weighted by Crippen LogP contribution is -2.02. The summed E-state index contributed by atoms with van der Waals surface area (Å²) in [6.45, 7) is 0. The van der Waals surface area contributed by atoms with E-state index in [0.29, 0.717) is 17.5 Å². The van der Waals surface area contributed by atoms with Crippen molar-refractivity contribution in [2.75, 3.05) is 0 Å². The van der Waals surface area contributed by atoms with Gasteiger partial charge in [0.2, 0.25) is 0 Å². The van der Waals surface area contributed by atoms with Gasteiger partial charge in [-0.2, -0.15) is 0 Å². The molecule has 0 bridgehead atoms.